The molecular formula is C14H22N2O2. The van der Waals surface area contributed by atoms with Gasteiger partial charge in [0.15, 0.2) is 0 Å². The predicted molar refractivity (Wildman–Crippen MR) is 74.5 cm³/mol. The topological polar surface area (TPSA) is 64.3 Å². The Bertz CT molecular complexity index is 405. The molecule has 1 atom stereocenters. The van der Waals surface area contributed by atoms with Gasteiger partial charge in [0.25, 0.3) is 0 Å². The number of ether oxygens (including phenoxy) is 1. The van der Waals surface area contributed by atoms with Crippen molar-refractivity contribution in [3.05, 3.63) is 23.8 Å². The van der Waals surface area contributed by atoms with Gasteiger partial charge in [-0.3, -0.25) is 4.79 Å². The molecule has 4 heteroatoms. The Kier molecular flexibility index (Phi) is 5.65. The third kappa shape index (κ3) is 4.75. The molecule has 18 heavy (non-hydrogen) atoms. The number of carbonyl (C=O) groups is 1. The molecule has 0 spiro atoms. The average molecular weight is 250 g/mol. The number of rotatable bonds is 6. The summed E-state index contributed by atoms with van der Waals surface area (Å²) in [7, 11) is 0. The first-order valence-electron chi connectivity index (χ1n) is 6.30. The van der Waals surface area contributed by atoms with E-state index in [4.69, 9.17) is 10.5 Å². The van der Waals surface area contributed by atoms with E-state index in [-0.39, 0.29) is 18.6 Å². The van der Waals surface area contributed by atoms with Crippen molar-refractivity contribution in [3.8, 4) is 0 Å². The number of benzene rings is 1. The van der Waals surface area contributed by atoms with Crippen molar-refractivity contribution in [2.75, 3.05) is 17.7 Å². The summed E-state index contributed by atoms with van der Waals surface area (Å²) in [5.41, 5.74) is 8.07. The van der Waals surface area contributed by atoms with E-state index in [1.165, 1.54) is 0 Å². The molecule has 1 unspecified atom stereocenters. The fourth-order valence-electron chi connectivity index (χ4n) is 1.72. The van der Waals surface area contributed by atoms with Gasteiger partial charge in [0.05, 0.1) is 6.10 Å². The van der Waals surface area contributed by atoms with Gasteiger partial charge >= 0.3 is 0 Å². The van der Waals surface area contributed by atoms with Gasteiger partial charge in [0, 0.05) is 11.4 Å². The van der Waals surface area contributed by atoms with Crippen LogP contribution in [-0.2, 0) is 9.53 Å². The van der Waals surface area contributed by atoms with Gasteiger partial charge in [-0.15, -0.1) is 0 Å². The number of amides is 1. The summed E-state index contributed by atoms with van der Waals surface area (Å²) in [6.07, 6.45) is 2.14. The van der Waals surface area contributed by atoms with Crippen LogP contribution in [0.1, 0.15) is 32.3 Å². The van der Waals surface area contributed by atoms with E-state index in [1.807, 2.05) is 19.9 Å². The molecule has 3 N–H and O–H groups in total. The first-order chi connectivity index (χ1) is 8.52. The Labute approximate surface area is 109 Å². The van der Waals surface area contributed by atoms with E-state index >= 15 is 0 Å². The molecular weight excluding hydrogens is 228 g/mol. The Hall–Kier alpha value is -1.55. The quantitative estimate of drug-likeness (QED) is 0.763. The monoisotopic (exact) mass is 250 g/mol. The summed E-state index contributed by atoms with van der Waals surface area (Å²) < 4.78 is 5.44. The largest absolute Gasteiger partial charge is 0.399 e. The van der Waals surface area contributed by atoms with Crippen LogP contribution in [0.5, 0.6) is 0 Å². The molecule has 0 saturated heterocycles. The number of nitrogen functional groups attached to an aromatic ring is 1. The van der Waals surface area contributed by atoms with E-state index in [9.17, 15) is 4.79 Å². The van der Waals surface area contributed by atoms with Crippen LogP contribution in [0.4, 0.5) is 11.4 Å². The van der Waals surface area contributed by atoms with Crippen LogP contribution in [0.15, 0.2) is 18.2 Å². The van der Waals surface area contributed by atoms with Crippen molar-refractivity contribution in [2.24, 2.45) is 0 Å². The zero-order valence-electron chi connectivity index (χ0n) is 11.3. The van der Waals surface area contributed by atoms with Crippen LogP contribution in [0.2, 0.25) is 0 Å². The third-order valence-corrected chi connectivity index (χ3v) is 2.72. The second-order valence-corrected chi connectivity index (χ2v) is 4.53. The summed E-state index contributed by atoms with van der Waals surface area (Å²) in [5.74, 6) is -0.133. The number of nitrogens with two attached hydrogens (primary N) is 1. The molecule has 0 aliphatic rings. The number of nitrogens with one attached hydrogen (secondary N) is 1. The van der Waals surface area contributed by atoms with Gasteiger partial charge in [-0.25, -0.2) is 0 Å². The first kappa shape index (κ1) is 14.5. The molecule has 0 aliphatic heterocycles. The predicted octanol–water partition coefficient (Wildman–Crippen LogP) is 2.72. The van der Waals surface area contributed by atoms with E-state index in [0.29, 0.717) is 5.69 Å². The molecule has 1 rings (SSSR count). The highest BCUT2D eigenvalue weighted by molar-refractivity contribution is 5.92. The van der Waals surface area contributed by atoms with Gasteiger partial charge in [-0.2, -0.15) is 0 Å². The molecule has 1 amide bonds. The Morgan fingerprint density at radius 3 is 2.83 bits per heavy atom. The highest BCUT2D eigenvalue weighted by atomic mass is 16.5. The summed E-state index contributed by atoms with van der Waals surface area (Å²) in [6, 6.07) is 5.40. The summed E-state index contributed by atoms with van der Waals surface area (Å²) in [5, 5.41) is 2.82. The fraction of sp³-hybridized carbons (Fsp3) is 0.500. The summed E-state index contributed by atoms with van der Waals surface area (Å²) in [6.45, 7) is 6.07. The molecule has 0 bridgehead atoms. The molecule has 1 aromatic carbocycles. The van der Waals surface area contributed by atoms with E-state index < -0.39 is 0 Å². The lowest BCUT2D eigenvalue weighted by Gasteiger charge is -2.13. The van der Waals surface area contributed by atoms with Crippen molar-refractivity contribution in [3.63, 3.8) is 0 Å². The zero-order chi connectivity index (χ0) is 13.5. The minimum atomic E-state index is -0.133. The molecule has 0 radical (unpaired) electrons. The lowest BCUT2D eigenvalue weighted by Crippen LogP contribution is -2.22. The molecule has 0 aromatic heterocycles. The van der Waals surface area contributed by atoms with Gasteiger partial charge in [0.1, 0.15) is 6.61 Å². The smallest absolute Gasteiger partial charge is 0.250 e. The normalized spacial score (nSPS) is 12.2. The Balaban J connectivity index is 2.44. The van der Waals surface area contributed by atoms with Gasteiger partial charge in [-0.1, -0.05) is 13.3 Å². The maximum atomic E-state index is 11.7. The summed E-state index contributed by atoms with van der Waals surface area (Å²) in [4.78, 5) is 11.7. The maximum absolute atomic E-state index is 11.7. The van der Waals surface area contributed by atoms with Crippen LogP contribution in [0, 0.1) is 6.92 Å². The van der Waals surface area contributed by atoms with Crippen LogP contribution < -0.4 is 11.1 Å². The Morgan fingerprint density at radius 2 is 2.22 bits per heavy atom. The van der Waals surface area contributed by atoms with E-state index in [2.05, 4.69) is 12.2 Å². The van der Waals surface area contributed by atoms with Crippen molar-refractivity contribution in [2.45, 2.75) is 39.7 Å². The molecule has 100 valence electrons. The molecule has 0 heterocycles. The van der Waals surface area contributed by atoms with Gasteiger partial charge in [-0.05, 0) is 44.0 Å². The first-order valence-corrected chi connectivity index (χ1v) is 6.30. The number of hydrogen-bond acceptors (Lipinski definition) is 3. The lowest BCUT2D eigenvalue weighted by atomic mass is 10.2. The van der Waals surface area contributed by atoms with Crippen LogP contribution >= 0.6 is 0 Å². The Morgan fingerprint density at radius 1 is 1.50 bits per heavy atom. The molecule has 0 saturated carbocycles. The van der Waals surface area contributed by atoms with Gasteiger partial charge in [0.2, 0.25) is 5.91 Å². The minimum absolute atomic E-state index is 0.0883. The van der Waals surface area contributed by atoms with Crippen LogP contribution in [-0.4, -0.2) is 18.6 Å². The van der Waals surface area contributed by atoms with E-state index in [1.54, 1.807) is 12.1 Å². The third-order valence-electron chi connectivity index (χ3n) is 2.72. The minimum Gasteiger partial charge on any atom is -0.399 e. The highest BCUT2D eigenvalue weighted by Crippen LogP contribution is 2.17. The van der Waals surface area contributed by atoms with E-state index in [0.717, 1.165) is 24.1 Å². The maximum Gasteiger partial charge on any atom is 0.250 e. The van der Waals surface area contributed by atoms with Crippen molar-refractivity contribution in [1.29, 1.82) is 0 Å². The fourth-order valence-corrected chi connectivity index (χ4v) is 1.72. The van der Waals surface area contributed by atoms with Gasteiger partial charge < -0.3 is 15.8 Å². The summed E-state index contributed by atoms with van der Waals surface area (Å²) >= 11 is 0. The second kappa shape index (κ2) is 7.01. The standard InChI is InChI=1S/C14H22N2O2/c1-4-5-11(3)18-9-14(17)16-13-7-6-12(15)8-10(13)2/h6-8,11H,4-5,9,15H2,1-3H3,(H,16,17). The second-order valence-electron chi connectivity index (χ2n) is 4.53. The van der Waals surface area contributed by atoms with Crippen molar-refractivity contribution < 1.29 is 9.53 Å². The molecule has 0 fully saturated rings. The molecule has 0 aliphatic carbocycles. The molecule has 4 nitrogen and oxygen atoms in total. The number of aryl methyl sites for hydroxylation is 1. The lowest BCUT2D eigenvalue weighted by molar-refractivity contribution is -0.122. The highest BCUT2D eigenvalue weighted by Gasteiger charge is 2.07. The zero-order valence-corrected chi connectivity index (χ0v) is 11.3. The number of anilines is 2. The van der Waals surface area contributed by atoms with Crippen LogP contribution in [0.25, 0.3) is 0 Å². The molecule has 1 aromatic rings. The number of carbonyl (C=O) groups excluding carboxylic acids is 1. The number of hydrogen-bond donors (Lipinski definition) is 2. The van der Waals surface area contributed by atoms with Crippen LogP contribution in [0.3, 0.4) is 0 Å². The SMILES string of the molecule is CCCC(C)OCC(=O)Nc1ccc(N)cc1C. The van der Waals surface area contributed by atoms with Crippen molar-refractivity contribution >= 4 is 17.3 Å². The van der Waals surface area contributed by atoms with Crippen molar-refractivity contribution in [1.82, 2.24) is 0 Å². The average Bonchev–Trinajstić information content (AvgIpc) is 2.31.